The van der Waals surface area contributed by atoms with Gasteiger partial charge in [-0.1, -0.05) is 46.9 Å². The number of nitrogens with one attached hydrogen (secondary N) is 1. The molecule has 0 aliphatic carbocycles. The van der Waals surface area contributed by atoms with E-state index in [1.54, 1.807) is 23.2 Å². The monoisotopic (exact) mass is 488 g/mol. The van der Waals surface area contributed by atoms with Gasteiger partial charge in [-0.2, -0.15) is 5.10 Å². The van der Waals surface area contributed by atoms with Crippen LogP contribution in [0.25, 0.3) is 0 Å². The highest BCUT2D eigenvalue weighted by Gasteiger charge is 2.34. The van der Waals surface area contributed by atoms with Gasteiger partial charge in [0.25, 0.3) is 5.91 Å². The third-order valence-electron chi connectivity index (χ3n) is 4.85. The molecule has 2 aliphatic rings. The lowest BCUT2D eigenvalue weighted by Gasteiger charge is -2.26. The first-order valence-electron chi connectivity index (χ1n) is 9.22. The van der Waals surface area contributed by atoms with E-state index in [0.717, 1.165) is 5.56 Å². The van der Waals surface area contributed by atoms with Crippen LogP contribution in [0.3, 0.4) is 0 Å². The summed E-state index contributed by atoms with van der Waals surface area (Å²) in [7, 11) is 0. The molecule has 0 unspecified atom stereocenters. The summed E-state index contributed by atoms with van der Waals surface area (Å²) in [6.45, 7) is 2.47. The first-order valence-corrected chi connectivity index (χ1v) is 10.4. The van der Waals surface area contributed by atoms with Gasteiger partial charge in [-0.3, -0.25) is 15.2 Å². The predicted octanol–water partition coefficient (Wildman–Crippen LogP) is 4.74. The molecule has 1 amide bonds. The van der Waals surface area contributed by atoms with E-state index in [0.29, 0.717) is 59.2 Å². The number of hydrogen-bond donors (Lipinski definition) is 1. The van der Waals surface area contributed by atoms with Gasteiger partial charge in [-0.15, -0.1) is 12.4 Å². The largest absolute Gasteiger partial charge is 0.379 e. The molecule has 2 heterocycles. The van der Waals surface area contributed by atoms with Crippen molar-refractivity contribution >= 4 is 64.5 Å². The number of rotatable bonds is 4. The SMILES string of the molecule is Cl.O=C(NN1CCOCC1)C1=NN(c2ccc(Cl)cc2Cl)[C@@H](c2ccc(Cl)cc2)C1. The number of hydrogen-bond acceptors (Lipinski definition) is 5. The molecule has 1 saturated heterocycles. The maximum atomic E-state index is 12.8. The van der Waals surface area contributed by atoms with Crippen LogP contribution in [0, 0.1) is 0 Å². The van der Waals surface area contributed by atoms with Gasteiger partial charge in [-0.25, -0.2) is 5.01 Å². The number of morpholine rings is 1. The molecule has 6 nitrogen and oxygen atoms in total. The molecule has 0 spiro atoms. The molecule has 1 atom stereocenters. The second-order valence-corrected chi connectivity index (χ2v) is 8.08. The number of carbonyl (C=O) groups is 1. The number of ether oxygens (including phenoxy) is 1. The van der Waals surface area contributed by atoms with E-state index in [9.17, 15) is 4.79 Å². The van der Waals surface area contributed by atoms with E-state index in [1.807, 2.05) is 29.3 Å². The van der Waals surface area contributed by atoms with Crippen LogP contribution in [0.1, 0.15) is 18.0 Å². The highest BCUT2D eigenvalue weighted by molar-refractivity contribution is 6.40. The van der Waals surface area contributed by atoms with Gasteiger partial charge in [0.1, 0.15) is 5.71 Å². The molecule has 0 saturated carbocycles. The van der Waals surface area contributed by atoms with Crippen molar-refractivity contribution in [3.8, 4) is 0 Å². The maximum absolute atomic E-state index is 12.8. The number of hydrazone groups is 1. The Hall–Kier alpha value is -1.54. The van der Waals surface area contributed by atoms with Gasteiger partial charge >= 0.3 is 0 Å². The smallest absolute Gasteiger partial charge is 0.281 e. The van der Waals surface area contributed by atoms with E-state index >= 15 is 0 Å². The topological polar surface area (TPSA) is 57.2 Å². The maximum Gasteiger partial charge on any atom is 0.281 e. The molecule has 4 rings (SSSR count). The van der Waals surface area contributed by atoms with Gasteiger partial charge in [0.2, 0.25) is 0 Å². The fourth-order valence-electron chi connectivity index (χ4n) is 3.36. The molecule has 1 fully saturated rings. The molecule has 0 bridgehead atoms. The van der Waals surface area contributed by atoms with Gasteiger partial charge < -0.3 is 4.74 Å². The van der Waals surface area contributed by atoms with Crippen LogP contribution >= 0.6 is 47.2 Å². The summed E-state index contributed by atoms with van der Waals surface area (Å²) in [5.74, 6) is -0.224. The van der Waals surface area contributed by atoms with Crippen molar-refractivity contribution in [3.05, 3.63) is 63.1 Å². The normalized spacial score (nSPS) is 19.2. The molecule has 2 aliphatic heterocycles. The van der Waals surface area contributed by atoms with E-state index in [4.69, 9.17) is 39.5 Å². The van der Waals surface area contributed by atoms with E-state index in [1.165, 1.54) is 0 Å². The van der Waals surface area contributed by atoms with Crippen LogP contribution in [0.4, 0.5) is 5.69 Å². The Kier molecular flexibility index (Phi) is 7.85. The summed E-state index contributed by atoms with van der Waals surface area (Å²) in [4.78, 5) is 12.8. The molecule has 10 heteroatoms. The van der Waals surface area contributed by atoms with Crippen LogP contribution in [0.2, 0.25) is 15.1 Å². The summed E-state index contributed by atoms with van der Waals surface area (Å²) >= 11 is 18.5. The minimum Gasteiger partial charge on any atom is -0.379 e. The summed E-state index contributed by atoms with van der Waals surface area (Å²) in [5, 5.41) is 9.89. The minimum absolute atomic E-state index is 0. The van der Waals surface area contributed by atoms with Crippen molar-refractivity contribution in [3.63, 3.8) is 0 Å². The molecular weight excluding hydrogens is 470 g/mol. The predicted molar refractivity (Wildman–Crippen MR) is 123 cm³/mol. The number of nitrogens with zero attached hydrogens (tertiary/aromatic N) is 3. The molecule has 0 radical (unpaired) electrons. The first-order chi connectivity index (χ1) is 14.0. The standard InChI is InChI=1S/C20H19Cl3N4O2.ClH/c21-14-3-1-13(2-4-14)19-12-17(20(28)25-26-7-9-29-10-8-26)24-27(19)18-6-5-15(22)11-16(18)23;/h1-6,11,19H,7-10,12H2,(H,25,28);1H/t19-;/m1./s1. The third-order valence-corrected chi connectivity index (χ3v) is 5.64. The van der Waals surface area contributed by atoms with Crippen molar-refractivity contribution < 1.29 is 9.53 Å². The van der Waals surface area contributed by atoms with Gasteiger partial charge in [0, 0.05) is 29.6 Å². The number of carbonyl (C=O) groups excluding carboxylic acids is 1. The van der Waals surface area contributed by atoms with Crippen molar-refractivity contribution in [1.29, 1.82) is 0 Å². The third kappa shape index (κ3) is 5.19. The minimum atomic E-state index is -0.224. The van der Waals surface area contributed by atoms with Crippen LogP contribution in [0.15, 0.2) is 47.6 Å². The average molecular weight is 490 g/mol. The summed E-state index contributed by atoms with van der Waals surface area (Å²) < 4.78 is 5.32. The number of anilines is 1. The Morgan fingerprint density at radius 3 is 2.37 bits per heavy atom. The Morgan fingerprint density at radius 1 is 1.03 bits per heavy atom. The lowest BCUT2D eigenvalue weighted by molar-refractivity contribution is -0.121. The Labute approximate surface area is 196 Å². The van der Waals surface area contributed by atoms with Gasteiger partial charge in [-0.05, 0) is 35.9 Å². The fourth-order valence-corrected chi connectivity index (χ4v) is 3.99. The second-order valence-electron chi connectivity index (χ2n) is 6.80. The number of amides is 1. The molecule has 2 aromatic carbocycles. The first kappa shape index (κ1) is 23.1. The van der Waals surface area contributed by atoms with E-state index in [2.05, 4.69) is 10.5 Å². The van der Waals surface area contributed by atoms with Gasteiger partial charge in [0.05, 0.1) is 30.0 Å². The fraction of sp³-hybridized carbons (Fsp3) is 0.300. The molecule has 1 N–H and O–H groups in total. The zero-order chi connectivity index (χ0) is 20.4. The zero-order valence-electron chi connectivity index (χ0n) is 15.9. The number of hydrazine groups is 1. The Balaban J connectivity index is 0.00000256. The summed E-state index contributed by atoms with van der Waals surface area (Å²) in [5.41, 5.74) is 5.02. The second kappa shape index (κ2) is 10.2. The average Bonchev–Trinajstić information content (AvgIpc) is 3.14. The lowest BCUT2D eigenvalue weighted by atomic mass is 10.0. The van der Waals surface area contributed by atoms with Crippen molar-refractivity contribution in [2.75, 3.05) is 31.3 Å². The molecule has 2 aromatic rings. The molecular formula is C20H20Cl4N4O2. The number of halogens is 4. The lowest BCUT2D eigenvalue weighted by Crippen LogP contribution is -2.50. The van der Waals surface area contributed by atoms with E-state index < -0.39 is 0 Å². The van der Waals surface area contributed by atoms with Crippen LogP contribution in [0.5, 0.6) is 0 Å². The summed E-state index contributed by atoms with van der Waals surface area (Å²) in [6, 6.07) is 12.6. The quantitative estimate of drug-likeness (QED) is 0.673. The molecule has 160 valence electrons. The van der Waals surface area contributed by atoms with Crippen LogP contribution in [-0.2, 0) is 9.53 Å². The van der Waals surface area contributed by atoms with Crippen molar-refractivity contribution in [2.24, 2.45) is 5.10 Å². The molecule has 30 heavy (non-hydrogen) atoms. The van der Waals surface area contributed by atoms with Crippen LogP contribution < -0.4 is 10.4 Å². The zero-order valence-corrected chi connectivity index (χ0v) is 18.9. The Morgan fingerprint density at radius 2 is 1.70 bits per heavy atom. The van der Waals surface area contributed by atoms with E-state index in [-0.39, 0.29) is 24.4 Å². The molecule has 0 aromatic heterocycles. The Bertz CT molecular complexity index is 933. The highest BCUT2D eigenvalue weighted by atomic mass is 35.5. The number of benzene rings is 2. The van der Waals surface area contributed by atoms with Crippen molar-refractivity contribution in [2.45, 2.75) is 12.5 Å². The van der Waals surface area contributed by atoms with Crippen molar-refractivity contribution in [1.82, 2.24) is 10.4 Å². The van der Waals surface area contributed by atoms with Gasteiger partial charge in [0.15, 0.2) is 0 Å². The highest BCUT2D eigenvalue weighted by Crippen LogP contribution is 2.39. The van der Waals surface area contributed by atoms with Crippen LogP contribution in [-0.4, -0.2) is 42.9 Å². The summed E-state index contributed by atoms with van der Waals surface area (Å²) in [6.07, 6.45) is 0.441.